The van der Waals surface area contributed by atoms with E-state index < -0.39 is 18.7 Å². The Bertz CT molecular complexity index is 1270. The van der Waals surface area contributed by atoms with Gasteiger partial charge in [-0.2, -0.15) is 9.78 Å². The molecule has 1 aromatic heterocycles. The summed E-state index contributed by atoms with van der Waals surface area (Å²) in [4.78, 5) is 36.7. The average molecular weight is 479 g/mol. The van der Waals surface area contributed by atoms with Crippen molar-refractivity contribution in [2.24, 2.45) is 0 Å². The van der Waals surface area contributed by atoms with Gasteiger partial charge in [0.1, 0.15) is 0 Å². The molecule has 2 aromatic carbocycles. The number of esters is 1. The largest absolute Gasteiger partial charge is 0.463 e. The van der Waals surface area contributed by atoms with Crippen molar-refractivity contribution in [1.82, 2.24) is 15.1 Å². The van der Waals surface area contributed by atoms with Crippen LogP contribution in [0.4, 0.5) is 15.3 Å². The van der Waals surface area contributed by atoms with Gasteiger partial charge in [0.25, 0.3) is 0 Å². The van der Waals surface area contributed by atoms with Crippen LogP contribution in [0.3, 0.4) is 0 Å². The maximum Gasteiger partial charge on any atom is 0.435 e. The molecule has 1 atom stereocenters. The third-order valence-corrected chi connectivity index (χ3v) is 6.05. The minimum Gasteiger partial charge on any atom is -0.463 e. The molecule has 0 spiro atoms. The molecule has 0 unspecified atom stereocenters. The van der Waals surface area contributed by atoms with Crippen LogP contribution in [0, 0.1) is 0 Å². The van der Waals surface area contributed by atoms with E-state index in [9.17, 15) is 14.4 Å². The third-order valence-electron chi connectivity index (χ3n) is 6.05. The molecule has 0 saturated carbocycles. The van der Waals surface area contributed by atoms with Crippen molar-refractivity contribution in [2.75, 3.05) is 18.5 Å². The zero-order valence-corrected chi connectivity index (χ0v) is 20.4. The van der Waals surface area contributed by atoms with Gasteiger partial charge in [0, 0.05) is 5.39 Å². The lowest BCUT2D eigenvalue weighted by Crippen LogP contribution is -2.31. The number of amides is 2. The summed E-state index contributed by atoms with van der Waals surface area (Å²) in [5, 5.41) is 10.6. The summed E-state index contributed by atoms with van der Waals surface area (Å²) in [6.07, 6.45) is 2.41. The van der Waals surface area contributed by atoms with Crippen LogP contribution in [-0.2, 0) is 26.1 Å². The number of hydrogen-bond acceptors (Lipinski definition) is 6. The standard InChI is InChI=1S/C26H30N4O5/c1-5-34-23(31)15-35-25(33)30-22-8-6-7-20(19(22)14-27-30)28-24(32)29-21-12-9-16-13-17(26(2,3)4)10-11-18(16)21/h6-8,10-11,13-14,21H,5,9,12,15H2,1-4H3,(H2,28,29,32)/t21-/m1/s1. The molecule has 1 aliphatic carbocycles. The zero-order chi connectivity index (χ0) is 25.2. The van der Waals surface area contributed by atoms with E-state index in [1.54, 1.807) is 25.1 Å². The molecule has 2 amide bonds. The van der Waals surface area contributed by atoms with Crippen molar-refractivity contribution in [1.29, 1.82) is 0 Å². The molecule has 0 saturated heterocycles. The van der Waals surface area contributed by atoms with Gasteiger partial charge in [-0.25, -0.2) is 14.4 Å². The minimum absolute atomic E-state index is 0.0706. The second-order valence-electron chi connectivity index (χ2n) is 9.51. The van der Waals surface area contributed by atoms with Crippen molar-refractivity contribution < 1.29 is 23.9 Å². The van der Waals surface area contributed by atoms with Crippen molar-refractivity contribution in [3.05, 3.63) is 59.3 Å². The monoisotopic (exact) mass is 478 g/mol. The number of carbonyl (C=O) groups excluding carboxylic acids is 3. The Kier molecular flexibility index (Phi) is 6.77. The summed E-state index contributed by atoms with van der Waals surface area (Å²) in [6, 6.07) is 11.2. The number of ether oxygens (including phenoxy) is 2. The maximum atomic E-state index is 12.8. The van der Waals surface area contributed by atoms with Crippen LogP contribution >= 0.6 is 0 Å². The van der Waals surface area contributed by atoms with Gasteiger partial charge in [-0.05, 0) is 54.0 Å². The predicted octanol–water partition coefficient (Wildman–Crippen LogP) is 4.69. The molecule has 2 N–H and O–H groups in total. The highest BCUT2D eigenvalue weighted by molar-refractivity contribution is 6.02. The Morgan fingerprint density at radius 2 is 1.94 bits per heavy atom. The molecule has 4 rings (SSSR count). The number of rotatable bonds is 5. The molecule has 1 aliphatic rings. The highest BCUT2D eigenvalue weighted by Crippen LogP contribution is 2.34. The number of urea groups is 1. The molecule has 1 heterocycles. The SMILES string of the molecule is CCOC(=O)COC(=O)n1ncc2c(NC(=O)N[C@@H]3CCc4cc(C(C)(C)C)ccc43)cccc21. The van der Waals surface area contributed by atoms with E-state index in [0.29, 0.717) is 16.6 Å². The molecule has 35 heavy (non-hydrogen) atoms. The number of carbonyl (C=O) groups is 3. The minimum atomic E-state index is -0.813. The summed E-state index contributed by atoms with van der Waals surface area (Å²) < 4.78 is 10.8. The Morgan fingerprint density at radius 1 is 1.14 bits per heavy atom. The first-order valence-corrected chi connectivity index (χ1v) is 11.7. The molecule has 9 heteroatoms. The smallest absolute Gasteiger partial charge is 0.435 e. The zero-order valence-electron chi connectivity index (χ0n) is 20.4. The summed E-state index contributed by atoms with van der Waals surface area (Å²) in [7, 11) is 0. The number of hydrogen-bond donors (Lipinski definition) is 2. The fourth-order valence-corrected chi connectivity index (χ4v) is 4.24. The fourth-order valence-electron chi connectivity index (χ4n) is 4.24. The first-order chi connectivity index (χ1) is 16.7. The van der Waals surface area contributed by atoms with Gasteiger partial charge in [0.15, 0.2) is 6.61 Å². The van der Waals surface area contributed by atoms with Crippen molar-refractivity contribution in [3.63, 3.8) is 0 Å². The summed E-state index contributed by atoms with van der Waals surface area (Å²) in [5.74, 6) is -0.639. The average Bonchev–Trinajstić information content (AvgIpc) is 3.42. The Labute approximate surface area is 203 Å². The van der Waals surface area contributed by atoms with E-state index in [1.165, 1.54) is 17.3 Å². The molecule has 0 radical (unpaired) electrons. The van der Waals surface area contributed by atoms with Crippen LogP contribution in [0.2, 0.25) is 0 Å². The Morgan fingerprint density at radius 3 is 2.69 bits per heavy atom. The van der Waals surface area contributed by atoms with Crippen molar-refractivity contribution >= 4 is 34.7 Å². The van der Waals surface area contributed by atoms with Crippen LogP contribution in [0.5, 0.6) is 0 Å². The lowest BCUT2D eigenvalue weighted by atomic mass is 9.85. The van der Waals surface area contributed by atoms with E-state index in [4.69, 9.17) is 9.47 Å². The highest BCUT2D eigenvalue weighted by atomic mass is 16.6. The van der Waals surface area contributed by atoms with Gasteiger partial charge in [0.2, 0.25) is 0 Å². The maximum absolute atomic E-state index is 12.8. The number of anilines is 1. The molecule has 0 aliphatic heterocycles. The highest BCUT2D eigenvalue weighted by Gasteiger charge is 2.26. The van der Waals surface area contributed by atoms with Gasteiger partial charge in [-0.3, -0.25) is 0 Å². The first kappa shape index (κ1) is 24.3. The number of nitrogens with one attached hydrogen (secondary N) is 2. The number of aryl methyl sites for hydroxylation is 1. The van der Waals surface area contributed by atoms with Crippen LogP contribution in [-0.4, -0.2) is 41.1 Å². The lowest BCUT2D eigenvalue weighted by Gasteiger charge is -2.21. The number of aromatic nitrogens is 2. The van der Waals surface area contributed by atoms with Crippen LogP contribution < -0.4 is 10.6 Å². The molecule has 0 fully saturated rings. The Hall–Kier alpha value is -3.88. The number of fused-ring (bicyclic) bond motifs is 2. The topological polar surface area (TPSA) is 112 Å². The molecule has 0 bridgehead atoms. The summed E-state index contributed by atoms with van der Waals surface area (Å²) >= 11 is 0. The number of nitrogens with zero attached hydrogens (tertiary/aromatic N) is 2. The quantitative estimate of drug-likeness (QED) is 0.515. The number of benzene rings is 2. The van der Waals surface area contributed by atoms with Gasteiger partial charge in [-0.15, -0.1) is 0 Å². The van der Waals surface area contributed by atoms with E-state index in [2.05, 4.69) is 54.7 Å². The van der Waals surface area contributed by atoms with E-state index in [1.807, 2.05) is 0 Å². The molecule has 9 nitrogen and oxygen atoms in total. The third kappa shape index (κ3) is 5.29. The van der Waals surface area contributed by atoms with Gasteiger partial charge < -0.3 is 20.1 Å². The van der Waals surface area contributed by atoms with Gasteiger partial charge >= 0.3 is 18.1 Å². The van der Waals surface area contributed by atoms with E-state index in [0.717, 1.165) is 23.1 Å². The normalized spacial score (nSPS) is 14.9. The van der Waals surface area contributed by atoms with Crippen molar-refractivity contribution in [3.8, 4) is 0 Å². The second-order valence-corrected chi connectivity index (χ2v) is 9.51. The summed E-state index contributed by atoms with van der Waals surface area (Å²) in [6.45, 7) is 7.93. The molecular weight excluding hydrogens is 448 g/mol. The van der Waals surface area contributed by atoms with E-state index in [-0.39, 0.29) is 24.1 Å². The lowest BCUT2D eigenvalue weighted by molar-refractivity contribution is -0.146. The van der Waals surface area contributed by atoms with Crippen LogP contribution in [0.1, 0.15) is 56.8 Å². The van der Waals surface area contributed by atoms with Gasteiger partial charge in [0.05, 0.1) is 30.0 Å². The first-order valence-electron chi connectivity index (χ1n) is 11.7. The predicted molar refractivity (Wildman–Crippen MR) is 131 cm³/mol. The fraction of sp³-hybridized carbons (Fsp3) is 0.385. The van der Waals surface area contributed by atoms with Crippen LogP contribution in [0.25, 0.3) is 10.9 Å². The van der Waals surface area contributed by atoms with Crippen LogP contribution in [0.15, 0.2) is 42.6 Å². The Balaban J connectivity index is 1.44. The molecule has 184 valence electrons. The van der Waals surface area contributed by atoms with Crippen molar-refractivity contribution in [2.45, 2.75) is 52.0 Å². The van der Waals surface area contributed by atoms with Gasteiger partial charge in [-0.1, -0.05) is 45.0 Å². The van der Waals surface area contributed by atoms with E-state index >= 15 is 0 Å². The molecular formula is C26H30N4O5. The second kappa shape index (κ2) is 9.77. The summed E-state index contributed by atoms with van der Waals surface area (Å²) in [5.41, 5.74) is 4.72. The molecule has 3 aromatic rings.